The molecule has 0 amide bonds. The Kier molecular flexibility index (Phi) is 5.45. The molecular formula is C11H24N2O. The van der Waals surface area contributed by atoms with E-state index in [1.54, 1.807) is 0 Å². The number of piperidine rings is 1. The first kappa shape index (κ1) is 12.0. The van der Waals surface area contributed by atoms with E-state index in [-0.39, 0.29) is 6.61 Å². The molecule has 0 spiro atoms. The van der Waals surface area contributed by atoms with E-state index in [2.05, 4.69) is 24.2 Å². The van der Waals surface area contributed by atoms with Gasteiger partial charge in [-0.1, -0.05) is 6.92 Å². The number of hydrogen-bond acceptors (Lipinski definition) is 3. The highest BCUT2D eigenvalue weighted by Crippen LogP contribution is 2.14. The van der Waals surface area contributed by atoms with Crippen LogP contribution in [0.4, 0.5) is 0 Å². The van der Waals surface area contributed by atoms with E-state index in [1.807, 2.05) is 0 Å². The summed E-state index contributed by atoms with van der Waals surface area (Å²) >= 11 is 0. The monoisotopic (exact) mass is 200 g/mol. The summed E-state index contributed by atoms with van der Waals surface area (Å²) in [6, 6.07) is 0.301. The zero-order valence-corrected chi connectivity index (χ0v) is 9.50. The van der Waals surface area contributed by atoms with Crippen LogP contribution in [0.5, 0.6) is 0 Å². The predicted octanol–water partition coefficient (Wildman–Crippen LogP) is 0.689. The number of hydrogen-bond donors (Lipinski definition) is 2. The smallest absolute Gasteiger partial charge is 0.0584 e. The quantitative estimate of drug-likeness (QED) is 0.685. The topological polar surface area (TPSA) is 35.5 Å². The molecule has 2 N–H and O–H groups in total. The summed E-state index contributed by atoms with van der Waals surface area (Å²) in [6.07, 6.45) is 3.61. The average molecular weight is 200 g/mol. The second kappa shape index (κ2) is 6.38. The standard InChI is InChI=1S/C11H24N2O/c1-3-11(9-14)12-8-10-4-6-13(2)7-5-10/h10-12,14H,3-9H2,1-2H3. The van der Waals surface area contributed by atoms with E-state index in [1.165, 1.54) is 25.9 Å². The number of likely N-dealkylation sites (tertiary alicyclic amines) is 1. The summed E-state index contributed by atoms with van der Waals surface area (Å²) in [4.78, 5) is 2.39. The molecule has 0 aliphatic carbocycles. The van der Waals surface area contributed by atoms with Crippen LogP contribution in [0.1, 0.15) is 26.2 Å². The third-order valence-electron chi connectivity index (χ3n) is 3.25. The largest absolute Gasteiger partial charge is 0.395 e. The van der Waals surface area contributed by atoms with Gasteiger partial charge in [0, 0.05) is 6.04 Å². The lowest BCUT2D eigenvalue weighted by atomic mass is 9.97. The Labute approximate surface area is 87.5 Å². The average Bonchev–Trinajstić information content (AvgIpc) is 2.22. The summed E-state index contributed by atoms with van der Waals surface area (Å²) in [5.74, 6) is 0.812. The first-order valence-corrected chi connectivity index (χ1v) is 5.79. The molecule has 1 fully saturated rings. The summed E-state index contributed by atoms with van der Waals surface area (Å²) in [5, 5.41) is 12.5. The minimum Gasteiger partial charge on any atom is -0.395 e. The van der Waals surface area contributed by atoms with Crippen LogP contribution >= 0.6 is 0 Å². The second-order valence-electron chi connectivity index (χ2n) is 4.44. The maximum Gasteiger partial charge on any atom is 0.0584 e. The molecule has 14 heavy (non-hydrogen) atoms. The highest BCUT2D eigenvalue weighted by Gasteiger charge is 2.17. The summed E-state index contributed by atoms with van der Waals surface area (Å²) < 4.78 is 0. The number of nitrogens with zero attached hydrogens (tertiary/aromatic N) is 1. The van der Waals surface area contributed by atoms with E-state index in [4.69, 9.17) is 5.11 Å². The molecule has 1 aliphatic rings. The van der Waals surface area contributed by atoms with Crippen LogP contribution in [0.2, 0.25) is 0 Å². The van der Waals surface area contributed by atoms with Gasteiger partial charge in [0.25, 0.3) is 0 Å². The molecule has 1 unspecified atom stereocenters. The van der Waals surface area contributed by atoms with Gasteiger partial charge in [-0.3, -0.25) is 0 Å². The molecule has 1 rings (SSSR count). The van der Waals surface area contributed by atoms with Gasteiger partial charge in [-0.25, -0.2) is 0 Å². The van der Waals surface area contributed by atoms with Gasteiger partial charge in [-0.2, -0.15) is 0 Å². The van der Waals surface area contributed by atoms with E-state index in [0.29, 0.717) is 6.04 Å². The molecular weight excluding hydrogens is 176 g/mol. The van der Waals surface area contributed by atoms with Crippen molar-refractivity contribution < 1.29 is 5.11 Å². The number of nitrogens with one attached hydrogen (secondary N) is 1. The zero-order chi connectivity index (χ0) is 10.4. The van der Waals surface area contributed by atoms with Crippen molar-refractivity contribution in [1.82, 2.24) is 10.2 Å². The number of rotatable bonds is 5. The maximum absolute atomic E-state index is 9.03. The molecule has 0 saturated carbocycles. The van der Waals surface area contributed by atoms with E-state index in [0.717, 1.165) is 18.9 Å². The molecule has 0 aromatic carbocycles. The van der Waals surface area contributed by atoms with E-state index in [9.17, 15) is 0 Å². The Balaban J connectivity index is 2.12. The van der Waals surface area contributed by atoms with Gasteiger partial charge in [-0.05, 0) is 51.9 Å². The Morgan fingerprint density at radius 2 is 2.07 bits per heavy atom. The molecule has 0 bridgehead atoms. The van der Waals surface area contributed by atoms with Gasteiger partial charge in [0.1, 0.15) is 0 Å². The van der Waals surface area contributed by atoms with Gasteiger partial charge in [0.2, 0.25) is 0 Å². The van der Waals surface area contributed by atoms with Crippen LogP contribution in [-0.4, -0.2) is 49.3 Å². The highest BCUT2D eigenvalue weighted by atomic mass is 16.3. The van der Waals surface area contributed by atoms with Crippen molar-refractivity contribution >= 4 is 0 Å². The van der Waals surface area contributed by atoms with Gasteiger partial charge in [0.05, 0.1) is 6.61 Å². The summed E-state index contributed by atoms with van der Waals surface area (Å²) in [7, 11) is 2.19. The van der Waals surface area contributed by atoms with Crippen molar-refractivity contribution in [1.29, 1.82) is 0 Å². The van der Waals surface area contributed by atoms with Crippen LogP contribution in [0.25, 0.3) is 0 Å². The summed E-state index contributed by atoms with van der Waals surface area (Å²) in [5.41, 5.74) is 0. The maximum atomic E-state index is 9.03. The molecule has 3 nitrogen and oxygen atoms in total. The molecule has 0 aromatic heterocycles. The Morgan fingerprint density at radius 3 is 2.57 bits per heavy atom. The number of aliphatic hydroxyl groups is 1. The van der Waals surface area contributed by atoms with Gasteiger partial charge >= 0.3 is 0 Å². The minimum atomic E-state index is 0.267. The first-order valence-electron chi connectivity index (χ1n) is 5.79. The van der Waals surface area contributed by atoms with Crippen molar-refractivity contribution in [3.05, 3.63) is 0 Å². The van der Waals surface area contributed by atoms with Crippen LogP contribution in [0.3, 0.4) is 0 Å². The predicted molar refractivity (Wildman–Crippen MR) is 59.4 cm³/mol. The molecule has 0 aromatic rings. The Hall–Kier alpha value is -0.120. The van der Waals surface area contributed by atoms with Crippen molar-refractivity contribution in [2.75, 3.05) is 33.3 Å². The third-order valence-corrected chi connectivity index (χ3v) is 3.25. The normalized spacial score (nSPS) is 22.5. The lowest BCUT2D eigenvalue weighted by molar-refractivity contribution is 0.195. The van der Waals surface area contributed by atoms with Gasteiger partial charge in [-0.15, -0.1) is 0 Å². The van der Waals surface area contributed by atoms with E-state index < -0.39 is 0 Å². The molecule has 84 valence electrons. The fraction of sp³-hybridized carbons (Fsp3) is 1.00. The third kappa shape index (κ3) is 3.95. The SMILES string of the molecule is CCC(CO)NCC1CCN(C)CC1. The van der Waals surface area contributed by atoms with Crippen molar-refractivity contribution in [2.45, 2.75) is 32.2 Å². The molecule has 1 atom stereocenters. The van der Waals surface area contributed by atoms with Crippen molar-refractivity contribution in [3.63, 3.8) is 0 Å². The molecule has 1 aliphatic heterocycles. The molecule has 1 heterocycles. The molecule has 3 heteroatoms. The van der Waals surface area contributed by atoms with Crippen LogP contribution < -0.4 is 5.32 Å². The Bertz CT molecular complexity index is 140. The van der Waals surface area contributed by atoms with Gasteiger partial charge in [0.15, 0.2) is 0 Å². The lowest BCUT2D eigenvalue weighted by Gasteiger charge is -2.30. The van der Waals surface area contributed by atoms with Crippen LogP contribution in [0.15, 0.2) is 0 Å². The van der Waals surface area contributed by atoms with Crippen LogP contribution in [0, 0.1) is 5.92 Å². The van der Waals surface area contributed by atoms with E-state index >= 15 is 0 Å². The second-order valence-corrected chi connectivity index (χ2v) is 4.44. The fourth-order valence-electron chi connectivity index (χ4n) is 1.94. The Morgan fingerprint density at radius 1 is 1.43 bits per heavy atom. The molecule has 0 radical (unpaired) electrons. The lowest BCUT2D eigenvalue weighted by Crippen LogP contribution is -2.39. The fourth-order valence-corrected chi connectivity index (χ4v) is 1.94. The highest BCUT2D eigenvalue weighted by molar-refractivity contribution is 4.73. The molecule has 1 saturated heterocycles. The zero-order valence-electron chi connectivity index (χ0n) is 9.50. The summed E-state index contributed by atoms with van der Waals surface area (Å²) in [6.45, 7) is 5.91. The minimum absolute atomic E-state index is 0.267. The number of aliphatic hydroxyl groups excluding tert-OH is 1. The van der Waals surface area contributed by atoms with Crippen molar-refractivity contribution in [3.8, 4) is 0 Å². The van der Waals surface area contributed by atoms with Crippen LogP contribution in [-0.2, 0) is 0 Å². The first-order chi connectivity index (χ1) is 6.76. The van der Waals surface area contributed by atoms with Crippen molar-refractivity contribution in [2.24, 2.45) is 5.92 Å². The van der Waals surface area contributed by atoms with Gasteiger partial charge < -0.3 is 15.3 Å².